The van der Waals surface area contributed by atoms with E-state index in [0.29, 0.717) is 31.8 Å². The normalized spacial score (nSPS) is 15.0. The van der Waals surface area contributed by atoms with Gasteiger partial charge in [0.15, 0.2) is 0 Å². The lowest BCUT2D eigenvalue weighted by Gasteiger charge is -2.30. The van der Waals surface area contributed by atoms with Crippen LogP contribution in [0.15, 0.2) is 0 Å². The van der Waals surface area contributed by atoms with E-state index in [0.717, 1.165) is 31.4 Å². The summed E-state index contributed by atoms with van der Waals surface area (Å²) in [6.45, 7) is 11.5. The van der Waals surface area contributed by atoms with Crippen LogP contribution in [0.2, 0.25) is 0 Å². The van der Waals surface area contributed by atoms with Crippen LogP contribution in [0.25, 0.3) is 0 Å². The fourth-order valence-electron chi connectivity index (χ4n) is 2.15. The molecule has 0 N–H and O–H groups in total. The molecule has 4 heteroatoms. The van der Waals surface area contributed by atoms with Crippen LogP contribution in [0.1, 0.15) is 73.1 Å². The first-order valence-corrected chi connectivity index (χ1v) is 8.82. The lowest BCUT2D eigenvalue weighted by Crippen LogP contribution is -2.32. The maximum atomic E-state index is 11.3. The molecule has 0 bridgehead atoms. The Morgan fingerprint density at radius 2 is 1.67 bits per heavy atom. The molecule has 1 unspecified atom stereocenters. The van der Waals surface area contributed by atoms with Gasteiger partial charge in [0.1, 0.15) is 5.78 Å². The summed E-state index contributed by atoms with van der Waals surface area (Å²) in [4.78, 5) is 11.3. The molecule has 0 saturated heterocycles. The van der Waals surface area contributed by atoms with Crippen LogP contribution in [0, 0.1) is 0 Å². The summed E-state index contributed by atoms with van der Waals surface area (Å²) >= 11 is 4.28. The van der Waals surface area contributed by atoms with Crippen molar-refractivity contribution in [2.45, 2.75) is 84.3 Å². The maximum Gasteiger partial charge on any atom is 0.132 e. The predicted molar refractivity (Wildman–Crippen MR) is 92.3 cm³/mol. The van der Waals surface area contributed by atoms with Gasteiger partial charge in [-0.15, -0.1) is 0 Å². The molecule has 0 aliphatic heterocycles. The molecule has 1 atom stereocenters. The van der Waals surface area contributed by atoms with Gasteiger partial charge >= 0.3 is 0 Å². The highest BCUT2D eigenvalue weighted by atomic mass is 32.1. The van der Waals surface area contributed by atoms with Crippen molar-refractivity contribution in [1.29, 1.82) is 0 Å². The summed E-state index contributed by atoms with van der Waals surface area (Å²) in [6.07, 6.45) is 5.03. The van der Waals surface area contributed by atoms with Crippen molar-refractivity contribution in [2.24, 2.45) is 0 Å². The van der Waals surface area contributed by atoms with Gasteiger partial charge in [-0.2, -0.15) is 12.6 Å². The number of thiol groups is 1. The van der Waals surface area contributed by atoms with Crippen LogP contribution in [0.5, 0.6) is 0 Å². The SMILES string of the molecule is CCC(=O)CCCC(C)(C)OCCOC(C)(CC)CCS. The summed E-state index contributed by atoms with van der Waals surface area (Å²) in [5, 5.41) is 0. The van der Waals surface area contributed by atoms with E-state index in [9.17, 15) is 4.79 Å². The Balaban J connectivity index is 3.90. The van der Waals surface area contributed by atoms with Gasteiger partial charge in [0, 0.05) is 12.8 Å². The summed E-state index contributed by atoms with van der Waals surface area (Å²) in [5.41, 5.74) is -0.285. The summed E-state index contributed by atoms with van der Waals surface area (Å²) in [5.74, 6) is 1.17. The molecule has 3 nitrogen and oxygen atoms in total. The summed E-state index contributed by atoms with van der Waals surface area (Å²) in [6, 6.07) is 0. The van der Waals surface area contributed by atoms with Crippen LogP contribution in [0.4, 0.5) is 0 Å². The number of rotatable bonds is 13. The number of carbonyl (C=O) groups is 1. The molecule has 0 saturated carbocycles. The molecule has 0 aromatic heterocycles. The molecular formula is C17H34O3S. The average Bonchev–Trinajstić information content (AvgIpc) is 2.43. The van der Waals surface area contributed by atoms with Crippen LogP contribution in [-0.4, -0.2) is 36.0 Å². The second-order valence-corrected chi connectivity index (χ2v) is 6.93. The molecule has 126 valence electrons. The van der Waals surface area contributed by atoms with Gasteiger partial charge in [-0.25, -0.2) is 0 Å². The molecule has 0 spiro atoms. The first-order chi connectivity index (χ1) is 9.78. The highest BCUT2D eigenvalue weighted by Gasteiger charge is 2.23. The van der Waals surface area contributed by atoms with Gasteiger partial charge in [0.25, 0.3) is 0 Å². The fourth-order valence-corrected chi connectivity index (χ4v) is 2.63. The Morgan fingerprint density at radius 1 is 1.05 bits per heavy atom. The average molecular weight is 319 g/mol. The van der Waals surface area contributed by atoms with Crippen molar-refractivity contribution in [3.8, 4) is 0 Å². The minimum Gasteiger partial charge on any atom is -0.373 e. The van der Waals surface area contributed by atoms with E-state index in [4.69, 9.17) is 9.47 Å². The Kier molecular flexibility index (Phi) is 10.6. The second-order valence-electron chi connectivity index (χ2n) is 6.48. The smallest absolute Gasteiger partial charge is 0.132 e. The van der Waals surface area contributed by atoms with Crippen molar-refractivity contribution in [1.82, 2.24) is 0 Å². The zero-order valence-electron chi connectivity index (χ0n) is 14.5. The van der Waals surface area contributed by atoms with Crippen molar-refractivity contribution >= 4 is 18.4 Å². The largest absolute Gasteiger partial charge is 0.373 e. The zero-order valence-corrected chi connectivity index (χ0v) is 15.4. The van der Waals surface area contributed by atoms with Crippen LogP contribution < -0.4 is 0 Å². The van der Waals surface area contributed by atoms with Crippen molar-refractivity contribution in [3.05, 3.63) is 0 Å². The fraction of sp³-hybridized carbons (Fsp3) is 0.941. The molecule has 0 aromatic carbocycles. The Morgan fingerprint density at radius 3 is 2.19 bits per heavy atom. The number of hydrogen-bond donors (Lipinski definition) is 1. The highest BCUT2D eigenvalue weighted by molar-refractivity contribution is 7.80. The van der Waals surface area contributed by atoms with E-state index in [1.165, 1.54) is 0 Å². The second kappa shape index (κ2) is 10.6. The van der Waals surface area contributed by atoms with Crippen LogP contribution in [0.3, 0.4) is 0 Å². The minimum absolute atomic E-state index is 0.0944. The monoisotopic (exact) mass is 318 g/mol. The molecule has 0 aromatic rings. The molecule has 0 fully saturated rings. The Bertz CT molecular complexity index is 292. The molecule has 0 heterocycles. The van der Waals surface area contributed by atoms with Gasteiger partial charge < -0.3 is 9.47 Å². The van der Waals surface area contributed by atoms with Gasteiger partial charge in [-0.3, -0.25) is 4.79 Å². The topological polar surface area (TPSA) is 35.5 Å². The van der Waals surface area contributed by atoms with E-state index < -0.39 is 0 Å². The van der Waals surface area contributed by atoms with E-state index in [1.54, 1.807) is 0 Å². The molecule has 0 rings (SSSR count). The van der Waals surface area contributed by atoms with Gasteiger partial charge in [-0.05, 0) is 52.2 Å². The quantitative estimate of drug-likeness (QED) is 0.403. The van der Waals surface area contributed by atoms with E-state index in [1.807, 2.05) is 6.92 Å². The minimum atomic E-state index is -0.191. The van der Waals surface area contributed by atoms with Gasteiger partial charge in [0.2, 0.25) is 0 Å². The first-order valence-electron chi connectivity index (χ1n) is 8.19. The zero-order chi connectivity index (χ0) is 16.4. The number of ketones is 1. The number of Topliss-reactive ketones (excluding diaryl/α,β-unsaturated/α-hetero) is 1. The van der Waals surface area contributed by atoms with E-state index >= 15 is 0 Å². The third kappa shape index (κ3) is 10.3. The summed E-state index contributed by atoms with van der Waals surface area (Å²) in [7, 11) is 0. The first kappa shape index (κ1) is 20.9. The standard InChI is InChI=1S/C17H34O3S/c1-6-15(18)9-8-10-16(3,4)19-12-13-20-17(5,7-2)11-14-21/h21H,6-14H2,1-5H3. The van der Waals surface area contributed by atoms with Crippen LogP contribution in [-0.2, 0) is 14.3 Å². The van der Waals surface area contributed by atoms with Crippen LogP contribution >= 0.6 is 12.6 Å². The molecular weight excluding hydrogens is 284 g/mol. The number of hydrogen-bond acceptors (Lipinski definition) is 4. The van der Waals surface area contributed by atoms with E-state index in [-0.39, 0.29) is 11.2 Å². The molecule has 0 amide bonds. The molecule has 0 aliphatic carbocycles. The predicted octanol–water partition coefficient (Wildman–Crippen LogP) is 4.44. The highest BCUT2D eigenvalue weighted by Crippen LogP contribution is 2.22. The Labute approximate surface area is 136 Å². The maximum absolute atomic E-state index is 11.3. The summed E-state index contributed by atoms with van der Waals surface area (Å²) < 4.78 is 11.9. The van der Waals surface area contributed by atoms with Crippen molar-refractivity contribution in [3.63, 3.8) is 0 Å². The molecule has 21 heavy (non-hydrogen) atoms. The van der Waals surface area contributed by atoms with Gasteiger partial charge in [0.05, 0.1) is 24.4 Å². The lowest BCUT2D eigenvalue weighted by molar-refractivity contribution is -0.119. The third-order valence-electron chi connectivity index (χ3n) is 4.04. The number of ether oxygens (including phenoxy) is 2. The third-order valence-corrected chi connectivity index (χ3v) is 4.27. The lowest BCUT2D eigenvalue weighted by atomic mass is 9.99. The molecule has 0 aliphatic rings. The van der Waals surface area contributed by atoms with Gasteiger partial charge in [-0.1, -0.05) is 13.8 Å². The van der Waals surface area contributed by atoms with E-state index in [2.05, 4.69) is 40.3 Å². The Hall–Kier alpha value is -0.0600. The number of carbonyl (C=O) groups excluding carboxylic acids is 1. The van der Waals surface area contributed by atoms with Crippen molar-refractivity contribution < 1.29 is 14.3 Å². The van der Waals surface area contributed by atoms with Crippen molar-refractivity contribution in [2.75, 3.05) is 19.0 Å². The molecule has 0 radical (unpaired) electrons.